The number of phenolic OH excluding ortho intramolecular Hbond substituents is 1. The van der Waals surface area contributed by atoms with Gasteiger partial charge in [0.15, 0.2) is 0 Å². The number of phenols is 1. The fraction of sp³-hybridized carbons (Fsp3) is 0.480. The van der Waals surface area contributed by atoms with Crippen LogP contribution in [0.1, 0.15) is 46.6 Å². The van der Waals surface area contributed by atoms with Crippen molar-refractivity contribution in [3.05, 3.63) is 29.8 Å². The Hall–Kier alpha value is -4.20. The van der Waals surface area contributed by atoms with Crippen LogP contribution in [0.3, 0.4) is 0 Å². The molecule has 0 saturated carbocycles. The number of benzene rings is 1. The standard InChI is InChI=1S/C23H32N4O9.C2H3ClO/c1-11(2)19(22(34)24-12(3)20(32)26-17(23(35)36)10-18(30)31)27-21(33)16(25-13(4)28)9-14-5-7-15(29)8-6-14;1-2(3)4/h5-8,11-12,16-17,19,29H,9-10H2,1-4H3,(H,24,34)(H,25,28)(H,26,32)(H,27,33)(H,30,31)(H,35,36);1H3. The van der Waals surface area contributed by atoms with Gasteiger partial charge in [0.25, 0.3) is 0 Å². The lowest BCUT2D eigenvalue weighted by molar-refractivity contribution is -0.147. The molecule has 0 aromatic heterocycles. The molecule has 14 nitrogen and oxygen atoms in total. The summed E-state index contributed by atoms with van der Waals surface area (Å²) in [5, 5.41) is 36.4. The number of aromatic hydroxyl groups is 1. The highest BCUT2D eigenvalue weighted by molar-refractivity contribution is 6.62. The van der Waals surface area contributed by atoms with E-state index in [9.17, 15) is 38.7 Å². The molecule has 0 heterocycles. The minimum Gasteiger partial charge on any atom is -0.508 e. The highest BCUT2D eigenvalue weighted by atomic mass is 35.5. The van der Waals surface area contributed by atoms with Gasteiger partial charge in [0, 0.05) is 20.3 Å². The quantitative estimate of drug-likeness (QED) is 0.152. The molecule has 15 heteroatoms. The van der Waals surface area contributed by atoms with Gasteiger partial charge in [0.05, 0.1) is 6.42 Å². The van der Waals surface area contributed by atoms with Gasteiger partial charge < -0.3 is 36.6 Å². The van der Waals surface area contributed by atoms with Crippen molar-refractivity contribution in [1.29, 1.82) is 0 Å². The van der Waals surface area contributed by atoms with E-state index in [2.05, 4.69) is 27.6 Å². The number of halogens is 1. The van der Waals surface area contributed by atoms with Crippen molar-refractivity contribution in [1.82, 2.24) is 21.3 Å². The third-order valence-electron chi connectivity index (χ3n) is 5.06. The van der Waals surface area contributed by atoms with E-state index in [0.29, 0.717) is 5.56 Å². The number of carboxylic acids is 2. The van der Waals surface area contributed by atoms with E-state index in [0.717, 1.165) is 0 Å². The number of nitrogens with one attached hydrogen (secondary N) is 4. The molecule has 0 fully saturated rings. The zero-order chi connectivity index (χ0) is 31.2. The Morgan fingerprint density at radius 2 is 1.30 bits per heavy atom. The Labute approximate surface area is 235 Å². The summed E-state index contributed by atoms with van der Waals surface area (Å²) in [5.74, 6) is -6.17. The van der Waals surface area contributed by atoms with Crippen LogP contribution < -0.4 is 21.3 Å². The fourth-order valence-corrected chi connectivity index (χ4v) is 3.15. The third kappa shape index (κ3) is 14.7. The minimum absolute atomic E-state index is 0.0339. The van der Waals surface area contributed by atoms with Crippen molar-refractivity contribution in [3.8, 4) is 5.75 Å². The third-order valence-corrected chi connectivity index (χ3v) is 5.06. The Morgan fingerprint density at radius 1 is 0.775 bits per heavy atom. The number of carbonyl (C=O) groups is 7. The van der Waals surface area contributed by atoms with Crippen LogP contribution in [0.25, 0.3) is 0 Å². The van der Waals surface area contributed by atoms with Crippen molar-refractivity contribution in [2.75, 3.05) is 0 Å². The number of amides is 4. The van der Waals surface area contributed by atoms with Crippen LogP contribution >= 0.6 is 11.6 Å². The molecule has 4 amide bonds. The summed E-state index contributed by atoms with van der Waals surface area (Å²) in [6, 6.07) is 0.952. The van der Waals surface area contributed by atoms with Crippen molar-refractivity contribution >= 4 is 52.4 Å². The molecule has 0 spiro atoms. The zero-order valence-electron chi connectivity index (χ0n) is 22.7. The summed E-state index contributed by atoms with van der Waals surface area (Å²) in [7, 11) is 0. The molecule has 4 atom stereocenters. The van der Waals surface area contributed by atoms with Gasteiger partial charge in [0.2, 0.25) is 28.9 Å². The lowest BCUT2D eigenvalue weighted by atomic mass is 10.0. The SMILES string of the molecule is CC(=O)Cl.CC(=O)NC(Cc1ccc(O)cc1)C(=O)NC(C(=O)NC(C)C(=O)NC(CC(=O)O)C(=O)O)C(C)C. The van der Waals surface area contributed by atoms with Gasteiger partial charge in [-0.25, -0.2) is 4.79 Å². The van der Waals surface area contributed by atoms with Crippen LogP contribution in [0, 0.1) is 5.92 Å². The first kappa shape index (κ1) is 35.8. The second-order valence-electron chi connectivity index (χ2n) is 9.05. The van der Waals surface area contributed by atoms with Crippen molar-refractivity contribution in [2.24, 2.45) is 5.92 Å². The number of rotatable bonds is 13. The molecule has 0 aliphatic carbocycles. The van der Waals surface area contributed by atoms with Crippen LogP contribution in [-0.2, 0) is 40.0 Å². The molecule has 40 heavy (non-hydrogen) atoms. The average molecular weight is 587 g/mol. The van der Waals surface area contributed by atoms with E-state index < -0.39 is 72.1 Å². The van der Waals surface area contributed by atoms with Gasteiger partial charge >= 0.3 is 11.9 Å². The maximum Gasteiger partial charge on any atom is 0.326 e. The predicted molar refractivity (Wildman–Crippen MR) is 142 cm³/mol. The number of hydrogen-bond acceptors (Lipinski definition) is 8. The first-order valence-corrected chi connectivity index (χ1v) is 12.4. The summed E-state index contributed by atoms with van der Waals surface area (Å²) < 4.78 is 0. The van der Waals surface area contributed by atoms with Gasteiger partial charge in [-0.2, -0.15) is 0 Å². The molecule has 4 unspecified atom stereocenters. The molecule has 1 aromatic rings. The second kappa shape index (κ2) is 17.4. The zero-order valence-corrected chi connectivity index (χ0v) is 23.4. The van der Waals surface area contributed by atoms with E-state index >= 15 is 0 Å². The molecule has 0 aliphatic rings. The Morgan fingerprint density at radius 3 is 1.73 bits per heavy atom. The molecule has 222 valence electrons. The second-order valence-corrected chi connectivity index (χ2v) is 9.58. The highest BCUT2D eigenvalue weighted by Crippen LogP contribution is 2.12. The van der Waals surface area contributed by atoms with E-state index in [1.165, 1.54) is 32.9 Å². The Bertz CT molecular complexity index is 1070. The first-order valence-electron chi connectivity index (χ1n) is 12.0. The molecule has 1 rings (SSSR count). The molecule has 0 radical (unpaired) electrons. The van der Waals surface area contributed by atoms with Crippen molar-refractivity contribution < 1.29 is 48.9 Å². The summed E-state index contributed by atoms with van der Waals surface area (Å²) in [5.41, 5.74) is 0.645. The van der Waals surface area contributed by atoms with E-state index in [1.54, 1.807) is 26.0 Å². The van der Waals surface area contributed by atoms with E-state index in [4.69, 9.17) is 10.2 Å². The van der Waals surface area contributed by atoms with Gasteiger partial charge in [-0.3, -0.25) is 28.8 Å². The van der Waals surface area contributed by atoms with Crippen molar-refractivity contribution in [2.45, 2.75) is 71.6 Å². The maximum absolute atomic E-state index is 13.0. The highest BCUT2D eigenvalue weighted by Gasteiger charge is 2.31. The van der Waals surface area contributed by atoms with Crippen LogP contribution in [0.2, 0.25) is 0 Å². The molecule has 0 aliphatic heterocycles. The molecule has 7 N–H and O–H groups in total. The van der Waals surface area contributed by atoms with Crippen LogP contribution in [-0.4, -0.2) is 80.3 Å². The average Bonchev–Trinajstić information content (AvgIpc) is 2.81. The fourth-order valence-electron chi connectivity index (χ4n) is 3.15. The predicted octanol–water partition coefficient (Wildman–Crippen LogP) is -0.0993. The lowest BCUT2D eigenvalue weighted by Crippen LogP contribution is -2.58. The maximum atomic E-state index is 13.0. The first-order chi connectivity index (χ1) is 18.4. The van der Waals surface area contributed by atoms with Gasteiger partial charge in [-0.1, -0.05) is 26.0 Å². The normalized spacial score (nSPS) is 13.3. The van der Waals surface area contributed by atoms with Gasteiger partial charge in [-0.05, 0) is 42.1 Å². The largest absolute Gasteiger partial charge is 0.508 e. The summed E-state index contributed by atoms with van der Waals surface area (Å²) >= 11 is 4.64. The molecular weight excluding hydrogens is 552 g/mol. The number of carboxylic acid groups (broad SMARTS) is 2. The molecule has 0 saturated heterocycles. The summed E-state index contributed by atoms with van der Waals surface area (Å²) in [4.78, 5) is 80.9. The van der Waals surface area contributed by atoms with Gasteiger partial charge in [0.1, 0.15) is 29.9 Å². The van der Waals surface area contributed by atoms with Crippen LogP contribution in [0.5, 0.6) is 5.75 Å². The Kier molecular flexibility index (Phi) is 15.6. The van der Waals surface area contributed by atoms with Crippen molar-refractivity contribution in [3.63, 3.8) is 0 Å². The number of aliphatic carboxylic acids is 2. The number of carbonyl (C=O) groups excluding carboxylic acids is 5. The number of hydrogen-bond donors (Lipinski definition) is 7. The lowest BCUT2D eigenvalue weighted by Gasteiger charge is -2.26. The molecule has 1 aromatic carbocycles. The summed E-state index contributed by atoms with van der Waals surface area (Å²) in [6.45, 7) is 7.10. The van der Waals surface area contributed by atoms with Crippen LogP contribution in [0.4, 0.5) is 0 Å². The molecule has 0 bridgehead atoms. The van der Waals surface area contributed by atoms with Crippen LogP contribution in [0.15, 0.2) is 24.3 Å². The Balaban J connectivity index is 0.00000354. The van der Waals surface area contributed by atoms with E-state index in [1.807, 2.05) is 5.32 Å². The minimum atomic E-state index is -1.69. The van der Waals surface area contributed by atoms with E-state index in [-0.39, 0.29) is 17.4 Å². The topological polar surface area (TPSA) is 228 Å². The smallest absolute Gasteiger partial charge is 0.326 e. The van der Waals surface area contributed by atoms with Gasteiger partial charge in [-0.15, -0.1) is 0 Å². The molecular formula is C25H35ClN4O10. The summed E-state index contributed by atoms with van der Waals surface area (Å²) in [6.07, 6.45) is -0.769. The monoisotopic (exact) mass is 586 g/mol.